The van der Waals surface area contributed by atoms with E-state index in [1.807, 2.05) is 0 Å². The average molecular weight is 827 g/mol. The van der Waals surface area contributed by atoms with E-state index in [4.69, 9.17) is 37.9 Å². The van der Waals surface area contributed by atoms with E-state index in [0.717, 1.165) is 18.2 Å². The van der Waals surface area contributed by atoms with Crippen LogP contribution in [0.5, 0.6) is 23.0 Å². The van der Waals surface area contributed by atoms with Gasteiger partial charge in [-0.1, -0.05) is 12.1 Å². The van der Waals surface area contributed by atoms with Crippen LogP contribution in [-0.2, 0) is 33.3 Å². The number of carbonyl (C=O) groups excluding carboxylic acids is 2. The number of carboxylic acid groups (broad SMARTS) is 1. The van der Waals surface area contributed by atoms with Gasteiger partial charge >= 0.3 is 17.9 Å². The summed E-state index contributed by atoms with van der Waals surface area (Å²) in [7, 11) is 0. The second kappa shape index (κ2) is 18.2. The Balaban J connectivity index is 1.28. The van der Waals surface area contributed by atoms with Crippen molar-refractivity contribution in [1.82, 2.24) is 0 Å². The number of ether oxygens (including phenoxy) is 6. The molecule has 10 atom stereocenters. The van der Waals surface area contributed by atoms with Crippen molar-refractivity contribution in [3.8, 4) is 45.6 Å². The third kappa shape index (κ3) is 9.96. The lowest BCUT2D eigenvalue weighted by Crippen LogP contribution is -2.61. The Kier molecular flexibility index (Phi) is 13.1. The maximum Gasteiger partial charge on any atom is 0.330 e. The van der Waals surface area contributed by atoms with Gasteiger partial charge in [0.15, 0.2) is 23.0 Å². The molecular weight excluding hydrogens is 788 g/mol. The standard InChI is InChI=1S/C39H38O20/c40-15-26-37(59-30(47)14-28(44)45)33(50)35(52)39(57-26)55-24-12-21(43)11-23-22(24)13-25(36(54-23)18-4-8-20(42)9-5-18)56-38-34(51)32(49)31(48)27(58-38)16-53-29(46)10-3-17-1-6-19(41)7-2-17/h1-13,26-27,31-35,37-42,48-52H,14-16H2,(H,44,45)/t26-,27-,31-,32+,33-,34-,35-,37-,38-,39-/m1/s1. The number of benzene rings is 3. The molecule has 9 N–H and O–H groups in total. The van der Waals surface area contributed by atoms with Crippen molar-refractivity contribution in [3.05, 3.63) is 88.6 Å². The Bertz CT molecular complexity index is 2160. The van der Waals surface area contributed by atoms with Gasteiger partial charge in [-0.05, 0) is 54.1 Å². The van der Waals surface area contributed by atoms with Crippen molar-refractivity contribution in [1.29, 1.82) is 0 Å². The molecule has 0 amide bonds. The predicted molar refractivity (Wildman–Crippen MR) is 195 cm³/mol. The first-order chi connectivity index (χ1) is 28.1. The van der Waals surface area contributed by atoms with Gasteiger partial charge in [0, 0.05) is 23.8 Å². The van der Waals surface area contributed by atoms with Crippen molar-refractivity contribution in [2.24, 2.45) is 0 Å². The fraction of sp³-hybridized carbons (Fsp3) is 0.333. The van der Waals surface area contributed by atoms with Gasteiger partial charge in [-0.2, -0.15) is 0 Å². The van der Waals surface area contributed by atoms with E-state index in [-0.39, 0.29) is 45.6 Å². The van der Waals surface area contributed by atoms with Gasteiger partial charge < -0.3 is 78.8 Å². The second-order valence-corrected chi connectivity index (χ2v) is 13.4. The molecule has 1 aliphatic carbocycles. The van der Waals surface area contributed by atoms with Crippen LogP contribution >= 0.6 is 0 Å². The first-order valence-electron chi connectivity index (χ1n) is 17.7. The smallest absolute Gasteiger partial charge is 0.330 e. The molecule has 0 unspecified atom stereocenters. The third-order valence-corrected chi connectivity index (χ3v) is 9.15. The molecule has 4 aliphatic rings. The van der Waals surface area contributed by atoms with Gasteiger partial charge in [0.2, 0.25) is 12.6 Å². The number of aromatic hydroxyl groups is 2. The average Bonchev–Trinajstić information content (AvgIpc) is 3.20. The molecule has 0 radical (unpaired) electrons. The van der Waals surface area contributed by atoms with Crippen LogP contribution in [0, 0.1) is 0 Å². The number of carboxylic acids is 1. The molecule has 2 fully saturated rings. The van der Waals surface area contributed by atoms with Crippen LogP contribution in [0.3, 0.4) is 0 Å². The molecule has 2 saturated heterocycles. The van der Waals surface area contributed by atoms with Crippen LogP contribution in [0.1, 0.15) is 12.0 Å². The molecule has 3 heterocycles. The number of esters is 2. The fourth-order valence-corrected chi connectivity index (χ4v) is 6.14. The first kappa shape index (κ1) is 42.5. The monoisotopic (exact) mass is 826 g/mol. The molecule has 20 heteroatoms. The summed E-state index contributed by atoms with van der Waals surface area (Å²) in [4.78, 5) is 48.3. The molecule has 0 bridgehead atoms. The number of aliphatic hydroxyl groups is 6. The zero-order valence-corrected chi connectivity index (χ0v) is 30.4. The minimum atomic E-state index is -2.01. The number of aliphatic hydroxyl groups excluding tert-OH is 6. The molecule has 2 aromatic rings. The summed E-state index contributed by atoms with van der Waals surface area (Å²) in [6.45, 7) is -1.52. The van der Waals surface area contributed by atoms with Crippen LogP contribution in [0.2, 0.25) is 0 Å². The highest BCUT2D eigenvalue weighted by molar-refractivity contribution is 5.90. The SMILES string of the molecule is O=C(O)CC(=O)O[C@H]1[C@H](O)[C@@H](O)[C@H](Oc2cc(=O)cc3oc(-c4ccc(O)cc4)c(O[C@@H]4O[C@H](COC(=O)C=Cc5ccc(O)cc5)[C@@H](O)[C@H](O)[C@H]4O)cc2-3)O[C@@H]1CO. The van der Waals surface area contributed by atoms with E-state index >= 15 is 0 Å². The van der Waals surface area contributed by atoms with E-state index in [0.29, 0.717) is 5.56 Å². The van der Waals surface area contributed by atoms with Gasteiger partial charge in [0.25, 0.3) is 0 Å². The first-order valence-corrected chi connectivity index (χ1v) is 17.7. The summed E-state index contributed by atoms with van der Waals surface area (Å²) in [6, 6.07) is 14.6. The van der Waals surface area contributed by atoms with Crippen LogP contribution < -0.4 is 14.9 Å². The van der Waals surface area contributed by atoms with Crippen LogP contribution in [0.25, 0.3) is 28.7 Å². The Morgan fingerprint density at radius 2 is 1.34 bits per heavy atom. The maximum absolute atomic E-state index is 12.9. The van der Waals surface area contributed by atoms with Crippen LogP contribution in [-0.4, -0.2) is 138 Å². The summed E-state index contributed by atoms with van der Waals surface area (Å²) in [5.41, 5.74) is 0.0646. The van der Waals surface area contributed by atoms with E-state index in [1.165, 1.54) is 48.5 Å². The Morgan fingerprint density at radius 1 is 0.729 bits per heavy atom. The lowest BCUT2D eigenvalue weighted by atomic mass is 9.98. The lowest BCUT2D eigenvalue weighted by molar-refractivity contribution is -0.281. The van der Waals surface area contributed by atoms with Gasteiger partial charge in [0.1, 0.15) is 78.8 Å². The van der Waals surface area contributed by atoms with Crippen molar-refractivity contribution in [2.45, 2.75) is 67.8 Å². The summed E-state index contributed by atoms with van der Waals surface area (Å²) in [5, 5.41) is 92.3. The molecular formula is C39H38O20. The summed E-state index contributed by atoms with van der Waals surface area (Å²) in [6.07, 6.45) is -16.6. The quantitative estimate of drug-likeness (QED) is 0.0465. The molecule has 0 aromatic heterocycles. The number of rotatable bonds is 13. The largest absolute Gasteiger partial charge is 0.508 e. The van der Waals surface area contributed by atoms with Crippen LogP contribution in [0.4, 0.5) is 0 Å². The number of hydrogen-bond donors (Lipinski definition) is 9. The molecule has 2 aromatic carbocycles. The molecule has 6 rings (SSSR count). The van der Waals surface area contributed by atoms with Gasteiger partial charge in [-0.3, -0.25) is 14.4 Å². The summed E-state index contributed by atoms with van der Waals surface area (Å²) < 4.78 is 39.4. The fourth-order valence-electron chi connectivity index (χ4n) is 6.14. The third-order valence-electron chi connectivity index (χ3n) is 9.15. The van der Waals surface area contributed by atoms with E-state index in [1.54, 1.807) is 12.1 Å². The number of phenols is 2. The predicted octanol–water partition coefficient (Wildman–Crippen LogP) is -0.530. The van der Waals surface area contributed by atoms with Crippen molar-refractivity contribution in [3.63, 3.8) is 0 Å². The summed E-state index contributed by atoms with van der Waals surface area (Å²) in [5.74, 6) is -4.67. The topological polar surface area (TPSA) is 319 Å². The van der Waals surface area contributed by atoms with Gasteiger partial charge in [-0.25, -0.2) is 4.79 Å². The molecule has 0 saturated carbocycles. The molecule has 3 aliphatic heterocycles. The minimum absolute atomic E-state index is 0.0218. The second-order valence-electron chi connectivity index (χ2n) is 13.4. The van der Waals surface area contributed by atoms with Crippen molar-refractivity contribution >= 4 is 24.0 Å². The number of carbonyl (C=O) groups is 3. The number of fused-ring (bicyclic) bond motifs is 1. The highest BCUT2D eigenvalue weighted by Crippen LogP contribution is 2.43. The molecule has 59 heavy (non-hydrogen) atoms. The number of phenolic OH excluding ortho intramolecular Hbond substituents is 2. The molecule has 20 nitrogen and oxygen atoms in total. The summed E-state index contributed by atoms with van der Waals surface area (Å²) >= 11 is 0. The van der Waals surface area contributed by atoms with Gasteiger partial charge in [-0.15, -0.1) is 0 Å². The van der Waals surface area contributed by atoms with E-state index < -0.39 is 104 Å². The zero-order chi connectivity index (χ0) is 42.5. The maximum atomic E-state index is 12.9. The zero-order valence-electron chi connectivity index (χ0n) is 30.4. The number of aliphatic carboxylic acids is 1. The van der Waals surface area contributed by atoms with Crippen molar-refractivity contribution < 1.29 is 93.2 Å². The number of hydrogen-bond acceptors (Lipinski definition) is 19. The normalized spacial score (nSPS) is 26.9. The van der Waals surface area contributed by atoms with Gasteiger partial charge in [0.05, 0.1) is 12.2 Å². The Morgan fingerprint density at radius 3 is 1.98 bits per heavy atom. The highest BCUT2D eigenvalue weighted by atomic mass is 16.7. The Labute approximate surface area is 332 Å². The van der Waals surface area contributed by atoms with Crippen LogP contribution in [0.15, 0.2) is 82.0 Å². The van der Waals surface area contributed by atoms with Crippen molar-refractivity contribution in [2.75, 3.05) is 13.2 Å². The highest BCUT2D eigenvalue weighted by Gasteiger charge is 2.49. The van der Waals surface area contributed by atoms with E-state index in [9.17, 15) is 60.0 Å². The molecule has 314 valence electrons. The Hall–Kier alpha value is -6.10. The van der Waals surface area contributed by atoms with E-state index in [2.05, 4.69) is 0 Å². The molecule has 0 spiro atoms. The minimum Gasteiger partial charge on any atom is -0.508 e. The lowest BCUT2D eigenvalue weighted by Gasteiger charge is -2.41.